The van der Waals surface area contributed by atoms with Gasteiger partial charge in [0.05, 0.1) is 17.1 Å². The summed E-state index contributed by atoms with van der Waals surface area (Å²) in [6.07, 6.45) is 3.87. The van der Waals surface area contributed by atoms with Crippen LogP contribution in [-0.4, -0.2) is 17.0 Å². The summed E-state index contributed by atoms with van der Waals surface area (Å²) in [6.45, 7) is 0. The largest absolute Gasteiger partial charge is 0.481 e. The molecule has 114 valence electrons. The van der Waals surface area contributed by atoms with Crippen LogP contribution in [0.4, 0.5) is 5.69 Å². The first-order valence-electron chi connectivity index (χ1n) is 6.87. The topological polar surface area (TPSA) is 66.4 Å². The fourth-order valence-corrected chi connectivity index (χ4v) is 3.89. The van der Waals surface area contributed by atoms with Crippen molar-refractivity contribution < 1.29 is 14.7 Å². The Balaban J connectivity index is 2.04. The van der Waals surface area contributed by atoms with Crippen LogP contribution in [0.3, 0.4) is 0 Å². The monoisotopic (exact) mass is 421 g/mol. The number of nitrogens with one attached hydrogen (secondary N) is 1. The number of carboxylic acid groups (broad SMARTS) is 1. The van der Waals surface area contributed by atoms with Crippen LogP contribution >= 0.6 is 34.2 Å². The third kappa shape index (κ3) is 4.57. The van der Waals surface area contributed by atoms with Crippen LogP contribution < -0.4 is 5.32 Å². The minimum absolute atomic E-state index is 0.0564. The molecule has 6 heteroatoms. The number of aliphatic carboxylic acids is 1. The van der Waals surface area contributed by atoms with Gasteiger partial charge in [0.1, 0.15) is 0 Å². The maximum absolute atomic E-state index is 12.2. The number of carbonyl (C=O) groups is 2. The standard InChI is InChI=1S/C15H17ClINO3/c16-11-7-10(17)3-4-12(11)18-13(19)8-15(9-14(20)21)5-1-2-6-15/h3-4,7H,1-2,5-6,8-9H2,(H,18,19)(H,20,21). The molecule has 0 heterocycles. The Kier molecular flexibility index (Phi) is 5.48. The predicted octanol–water partition coefficient (Wildman–Crippen LogP) is 4.31. The van der Waals surface area contributed by atoms with E-state index in [-0.39, 0.29) is 18.7 Å². The van der Waals surface area contributed by atoms with Crippen molar-refractivity contribution in [2.45, 2.75) is 38.5 Å². The highest BCUT2D eigenvalue weighted by Gasteiger charge is 2.38. The quantitative estimate of drug-likeness (QED) is 0.696. The van der Waals surface area contributed by atoms with E-state index in [2.05, 4.69) is 27.9 Å². The summed E-state index contributed by atoms with van der Waals surface area (Å²) in [7, 11) is 0. The number of halogens is 2. The molecule has 0 aliphatic heterocycles. The van der Waals surface area contributed by atoms with Gasteiger partial charge in [0.15, 0.2) is 0 Å². The molecule has 2 rings (SSSR count). The average Bonchev–Trinajstić information content (AvgIpc) is 2.80. The highest BCUT2D eigenvalue weighted by Crippen LogP contribution is 2.44. The number of anilines is 1. The Morgan fingerprint density at radius 2 is 1.95 bits per heavy atom. The summed E-state index contributed by atoms with van der Waals surface area (Å²) in [5, 5.41) is 12.4. The van der Waals surface area contributed by atoms with Crippen LogP contribution in [0.2, 0.25) is 5.02 Å². The Labute approximate surface area is 142 Å². The molecular weight excluding hydrogens is 405 g/mol. The van der Waals surface area contributed by atoms with E-state index in [4.69, 9.17) is 16.7 Å². The molecule has 0 radical (unpaired) electrons. The second kappa shape index (κ2) is 6.96. The minimum Gasteiger partial charge on any atom is -0.481 e. The van der Waals surface area contributed by atoms with Crippen molar-refractivity contribution in [3.8, 4) is 0 Å². The van der Waals surface area contributed by atoms with E-state index in [1.54, 1.807) is 12.1 Å². The number of carbonyl (C=O) groups excluding carboxylic acids is 1. The van der Waals surface area contributed by atoms with E-state index in [0.29, 0.717) is 10.7 Å². The highest BCUT2D eigenvalue weighted by atomic mass is 127. The van der Waals surface area contributed by atoms with E-state index < -0.39 is 11.4 Å². The van der Waals surface area contributed by atoms with Crippen LogP contribution in [0, 0.1) is 8.99 Å². The molecule has 0 unspecified atom stereocenters. The zero-order chi connectivity index (χ0) is 15.5. The molecule has 0 saturated heterocycles. The van der Waals surface area contributed by atoms with E-state index >= 15 is 0 Å². The SMILES string of the molecule is O=C(O)CC1(CC(=O)Nc2ccc(I)cc2Cl)CCCC1. The fraction of sp³-hybridized carbons (Fsp3) is 0.467. The summed E-state index contributed by atoms with van der Waals surface area (Å²) in [6, 6.07) is 5.41. The van der Waals surface area contributed by atoms with Crippen molar-refractivity contribution >= 4 is 51.8 Å². The average molecular weight is 422 g/mol. The first-order chi connectivity index (χ1) is 9.90. The molecule has 1 fully saturated rings. The van der Waals surface area contributed by atoms with E-state index in [9.17, 15) is 9.59 Å². The fourth-order valence-electron chi connectivity index (χ4n) is 2.99. The van der Waals surface area contributed by atoms with Crippen molar-refractivity contribution in [3.05, 3.63) is 26.8 Å². The van der Waals surface area contributed by atoms with Crippen molar-refractivity contribution in [2.24, 2.45) is 5.41 Å². The van der Waals surface area contributed by atoms with E-state index in [1.807, 2.05) is 6.07 Å². The number of amides is 1. The molecule has 0 atom stereocenters. The van der Waals surface area contributed by atoms with Crippen molar-refractivity contribution in [1.82, 2.24) is 0 Å². The van der Waals surface area contributed by atoms with Gasteiger partial charge in [-0.3, -0.25) is 9.59 Å². The molecule has 1 aromatic carbocycles. The minimum atomic E-state index is -0.836. The van der Waals surface area contributed by atoms with Gasteiger partial charge in [-0.15, -0.1) is 0 Å². The number of benzene rings is 1. The third-order valence-electron chi connectivity index (χ3n) is 3.93. The van der Waals surface area contributed by atoms with Crippen molar-refractivity contribution in [3.63, 3.8) is 0 Å². The molecule has 0 aromatic heterocycles. The Hall–Kier alpha value is -0.820. The molecule has 1 amide bonds. The smallest absolute Gasteiger partial charge is 0.303 e. The molecule has 0 bridgehead atoms. The number of rotatable bonds is 5. The maximum atomic E-state index is 12.2. The molecule has 4 nitrogen and oxygen atoms in total. The van der Waals surface area contributed by atoms with Gasteiger partial charge in [-0.2, -0.15) is 0 Å². The second-order valence-corrected chi connectivity index (χ2v) is 7.28. The van der Waals surface area contributed by atoms with E-state index in [0.717, 1.165) is 29.3 Å². The van der Waals surface area contributed by atoms with Crippen LogP contribution in [0.5, 0.6) is 0 Å². The summed E-state index contributed by atoms with van der Waals surface area (Å²) in [4.78, 5) is 23.3. The molecule has 21 heavy (non-hydrogen) atoms. The molecule has 1 aromatic rings. The first-order valence-corrected chi connectivity index (χ1v) is 8.33. The summed E-state index contributed by atoms with van der Waals surface area (Å²) < 4.78 is 0.994. The lowest BCUT2D eigenvalue weighted by molar-refractivity contribution is -0.140. The summed E-state index contributed by atoms with van der Waals surface area (Å²) in [5.41, 5.74) is 0.177. The second-order valence-electron chi connectivity index (χ2n) is 5.63. The van der Waals surface area contributed by atoms with Gasteiger partial charge in [0, 0.05) is 9.99 Å². The molecule has 0 spiro atoms. The van der Waals surface area contributed by atoms with E-state index in [1.165, 1.54) is 0 Å². The summed E-state index contributed by atoms with van der Waals surface area (Å²) in [5.74, 6) is -1.00. The lowest BCUT2D eigenvalue weighted by atomic mass is 9.79. The molecule has 1 aliphatic rings. The molecule has 1 saturated carbocycles. The number of hydrogen-bond donors (Lipinski definition) is 2. The van der Waals surface area contributed by atoms with Gasteiger partial charge in [-0.1, -0.05) is 24.4 Å². The lowest BCUT2D eigenvalue weighted by Gasteiger charge is -2.26. The van der Waals surface area contributed by atoms with Gasteiger partial charge in [-0.05, 0) is 59.0 Å². The van der Waals surface area contributed by atoms with Gasteiger partial charge < -0.3 is 10.4 Å². The number of carboxylic acids is 1. The molecule has 1 aliphatic carbocycles. The Morgan fingerprint density at radius 1 is 1.29 bits per heavy atom. The van der Waals surface area contributed by atoms with Crippen molar-refractivity contribution in [1.29, 1.82) is 0 Å². The van der Waals surface area contributed by atoms with Crippen molar-refractivity contribution in [2.75, 3.05) is 5.32 Å². The van der Waals surface area contributed by atoms with Crippen LogP contribution in [0.15, 0.2) is 18.2 Å². The highest BCUT2D eigenvalue weighted by molar-refractivity contribution is 14.1. The normalized spacial score (nSPS) is 16.7. The molecule has 2 N–H and O–H groups in total. The maximum Gasteiger partial charge on any atom is 0.303 e. The van der Waals surface area contributed by atoms with Gasteiger partial charge in [0.25, 0.3) is 0 Å². The molecular formula is C15H17ClINO3. The number of hydrogen-bond acceptors (Lipinski definition) is 2. The zero-order valence-corrected chi connectivity index (χ0v) is 14.4. The van der Waals surface area contributed by atoms with Crippen LogP contribution in [-0.2, 0) is 9.59 Å². The zero-order valence-electron chi connectivity index (χ0n) is 11.5. The van der Waals surface area contributed by atoms with Gasteiger partial charge in [0.2, 0.25) is 5.91 Å². The van der Waals surface area contributed by atoms with Gasteiger partial charge >= 0.3 is 5.97 Å². The predicted molar refractivity (Wildman–Crippen MR) is 90.6 cm³/mol. The summed E-state index contributed by atoms with van der Waals surface area (Å²) >= 11 is 8.24. The van der Waals surface area contributed by atoms with Crippen LogP contribution in [0.25, 0.3) is 0 Å². The van der Waals surface area contributed by atoms with Gasteiger partial charge in [-0.25, -0.2) is 0 Å². The third-order valence-corrected chi connectivity index (χ3v) is 4.91. The Morgan fingerprint density at radius 3 is 2.52 bits per heavy atom. The van der Waals surface area contributed by atoms with Crippen LogP contribution in [0.1, 0.15) is 38.5 Å². The Bertz CT molecular complexity index is 556. The first kappa shape index (κ1) is 16.5. The lowest BCUT2D eigenvalue weighted by Crippen LogP contribution is -2.27.